The van der Waals surface area contributed by atoms with E-state index < -0.39 is 17.2 Å². The molecule has 4 rings (SSSR count). The third-order valence-electron chi connectivity index (χ3n) is 5.99. The lowest BCUT2D eigenvalue weighted by Gasteiger charge is -2.12. The lowest BCUT2D eigenvalue weighted by atomic mass is 10.2. The van der Waals surface area contributed by atoms with E-state index in [1.807, 2.05) is 42.7 Å². The molecule has 8 nitrogen and oxygen atoms in total. The van der Waals surface area contributed by atoms with Gasteiger partial charge in [-0.25, -0.2) is 9.59 Å². The maximum atomic E-state index is 13.1. The Morgan fingerprint density at radius 3 is 2.34 bits per heavy atom. The summed E-state index contributed by atoms with van der Waals surface area (Å²) in [4.78, 5) is 38.6. The minimum atomic E-state index is -0.566. The van der Waals surface area contributed by atoms with E-state index in [1.165, 1.54) is 17.7 Å². The molecule has 0 bridgehead atoms. The van der Waals surface area contributed by atoms with Crippen LogP contribution in [0, 0.1) is 6.92 Å². The Morgan fingerprint density at radius 1 is 0.971 bits per heavy atom. The monoisotopic (exact) mass is 495 g/mol. The van der Waals surface area contributed by atoms with Gasteiger partial charge in [0.2, 0.25) is 0 Å². The molecule has 2 heterocycles. The average molecular weight is 496 g/mol. The lowest BCUT2D eigenvalue weighted by molar-refractivity contribution is 0.0471. The van der Waals surface area contributed by atoms with Gasteiger partial charge in [0.05, 0.1) is 16.8 Å². The van der Waals surface area contributed by atoms with E-state index in [0.717, 1.165) is 10.1 Å². The fraction of sp³-hybridized carbons (Fsp3) is 0.269. The zero-order valence-electron chi connectivity index (χ0n) is 20.0. The summed E-state index contributed by atoms with van der Waals surface area (Å²) < 4.78 is 15.9. The zero-order chi connectivity index (χ0) is 25.3. The molecule has 0 N–H and O–H groups in total. The van der Waals surface area contributed by atoms with Gasteiger partial charge in [0.25, 0.3) is 5.56 Å². The van der Waals surface area contributed by atoms with Gasteiger partial charge in [-0.1, -0.05) is 35.4 Å². The molecule has 182 valence electrons. The lowest BCUT2D eigenvalue weighted by Crippen LogP contribution is -2.37. The number of benzene rings is 2. The van der Waals surface area contributed by atoms with Gasteiger partial charge in [-0.05, 0) is 44.2 Å². The molecule has 0 aliphatic rings. The van der Waals surface area contributed by atoms with Crippen molar-refractivity contribution in [1.29, 1.82) is 0 Å². The van der Waals surface area contributed by atoms with Crippen LogP contribution in [0.1, 0.15) is 34.1 Å². The molecule has 0 fully saturated rings. The number of nitrogens with zero attached hydrogens (tertiary/aromatic N) is 3. The molecular formula is C26H26ClN3O5. The predicted molar refractivity (Wildman–Crippen MR) is 134 cm³/mol. The van der Waals surface area contributed by atoms with Crippen molar-refractivity contribution in [2.24, 2.45) is 14.1 Å². The summed E-state index contributed by atoms with van der Waals surface area (Å²) in [5.74, 6) is 0.0938. The Morgan fingerprint density at radius 2 is 1.69 bits per heavy atom. The molecule has 0 saturated heterocycles. The predicted octanol–water partition coefficient (Wildman–Crippen LogP) is 3.96. The number of halogens is 1. The highest BCUT2D eigenvalue weighted by Crippen LogP contribution is 2.26. The van der Waals surface area contributed by atoms with Gasteiger partial charge in [-0.3, -0.25) is 13.9 Å². The highest BCUT2D eigenvalue weighted by molar-refractivity contribution is 6.30. The van der Waals surface area contributed by atoms with Crippen LogP contribution in [-0.4, -0.2) is 19.7 Å². The van der Waals surface area contributed by atoms with Crippen LogP contribution in [0.2, 0.25) is 5.02 Å². The number of rotatable bonds is 7. The Balaban J connectivity index is 1.81. The third-order valence-corrected chi connectivity index (χ3v) is 6.23. The van der Waals surface area contributed by atoms with Crippen molar-refractivity contribution in [3.8, 4) is 5.75 Å². The molecule has 0 atom stereocenters. The molecule has 0 saturated carbocycles. The maximum Gasteiger partial charge on any atom is 0.338 e. The Kier molecular flexibility index (Phi) is 6.84. The first-order chi connectivity index (χ1) is 16.7. The minimum absolute atomic E-state index is 0.118. The average Bonchev–Trinajstić information content (AvgIpc) is 3.17. The summed E-state index contributed by atoms with van der Waals surface area (Å²) in [6, 6.07) is 14.1. The minimum Gasteiger partial charge on any atom is -0.487 e. The molecule has 35 heavy (non-hydrogen) atoms. The molecule has 0 amide bonds. The van der Waals surface area contributed by atoms with Crippen LogP contribution in [0.15, 0.2) is 58.1 Å². The quantitative estimate of drug-likeness (QED) is 0.362. The SMILES string of the molecule is CCn1c(COc2ccc(C)cc2)c(COC(=O)c2cccc(Cl)c2)c2c1c(=O)n(C)c(=O)n2C. The van der Waals surface area contributed by atoms with Crippen molar-refractivity contribution in [3.63, 3.8) is 0 Å². The first kappa shape index (κ1) is 24.3. The molecule has 2 aromatic carbocycles. The van der Waals surface area contributed by atoms with Crippen molar-refractivity contribution in [1.82, 2.24) is 13.7 Å². The van der Waals surface area contributed by atoms with Crippen LogP contribution in [0.5, 0.6) is 5.75 Å². The number of hydrogen-bond acceptors (Lipinski definition) is 5. The Labute approximate surface area is 206 Å². The van der Waals surface area contributed by atoms with Crippen LogP contribution in [-0.2, 0) is 38.6 Å². The van der Waals surface area contributed by atoms with Gasteiger partial charge in [0.1, 0.15) is 24.5 Å². The van der Waals surface area contributed by atoms with Crippen molar-refractivity contribution >= 4 is 28.6 Å². The summed E-state index contributed by atoms with van der Waals surface area (Å²) in [5, 5.41) is 0.417. The van der Waals surface area contributed by atoms with Gasteiger partial charge in [-0.2, -0.15) is 0 Å². The molecule has 0 aliphatic carbocycles. The topological polar surface area (TPSA) is 84.5 Å². The summed E-state index contributed by atoms with van der Waals surface area (Å²) >= 11 is 6.01. The number of esters is 1. The van der Waals surface area contributed by atoms with E-state index >= 15 is 0 Å². The summed E-state index contributed by atoms with van der Waals surface area (Å²) in [5.41, 5.74) is 2.49. The number of carbonyl (C=O) groups excluding carboxylic acids is 1. The van der Waals surface area contributed by atoms with E-state index in [-0.39, 0.29) is 13.2 Å². The van der Waals surface area contributed by atoms with Crippen molar-refractivity contribution in [2.75, 3.05) is 0 Å². The second-order valence-electron chi connectivity index (χ2n) is 8.26. The molecule has 4 aromatic rings. The van der Waals surface area contributed by atoms with Crippen LogP contribution < -0.4 is 16.0 Å². The zero-order valence-corrected chi connectivity index (χ0v) is 20.8. The van der Waals surface area contributed by atoms with E-state index in [9.17, 15) is 14.4 Å². The number of ether oxygens (including phenoxy) is 2. The van der Waals surface area contributed by atoms with E-state index in [4.69, 9.17) is 21.1 Å². The van der Waals surface area contributed by atoms with Crippen LogP contribution in [0.25, 0.3) is 11.0 Å². The van der Waals surface area contributed by atoms with Gasteiger partial charge in [-0.15, -0.1) is 0 Å². The molecule has 0 radical (unpaired) electrons. The summed E-state index contributed by atoms with van der Waals surface area (Å²) in [6.07, 6.45) is 0. The number of carbonyl (C=O) groups is 1. The van der Waals surface area contributed by atoms with Crippen molar-refractivity contribution < 1.29 is 14.3 Å². The first-order valence-corrected chi connectivity index (χ1v) is 11.5. The van der Waals surface area contributed by atoms with E-state index in [0.29, 0.717) is 45.2 Å². The molecule has 2 aromatic heterocycles. The smallest absolute Gasteiger partial charge is 0.338 e. The number of aromatic nitrogens is 3. The molecule has 0 aliphatic heterocycles. The van der Waals surface area contributed by atoms with E-state index in [1.54, 1.807) is 25.2 Å². The largest absolute Gasteiger partial charge is 0.487 e. The third kappa shape index (κ3) is 4.61. The molecule has 9 heteroatoms. The number of aryl methyl sites for hydroxylation is 3. The molecule has 0 spiro atoms. The summed E-state index contributed by atoms with van der Waals surface area (Å²) in [6.45, 7) is 4.32. The normalized spacial score (nSPS) is 11.1. The first-order valence-electron chi connectivity index (χ1n) is 11.1. The number of fused-ring (bicyclic) bond motifs is 1. The number of hydrogen-bond donors (Lipinski definition) is 0. The maximum absolute atomic E-state index is 13.1. The van der Waals surface area contributed by atoms with E-state index in [2.05, 4.69) is 0 Å². The van der Waals surface area contributed by atoms with Crippen LogP contribution >= 0.6 is 11.6 Å². The van der Waals surface area contributed by atoms with Gasteiger partial charge >= 0.3 is 11.7 Å². The van der Waals surface area contributed by atoms with Crippen molar-refractivity contribution in [2.45, 2.75) is 33.6 Å². The Bertz CT molecular complexity index is 1530. The Hall–Kier alpha value is -3.78. The second kappa shape index (κ2) is 9.84. The van der Waals surface area contributed by atoms with Gasteiger partial charge in [0.15, 0.2) is 0 Å². The summed E-state index contributed by atoms with van der Waals surface area (Å²) in [7, 11) is 3.04. The van der Waals surface area contributed by atoms with Crippen LogP contribution in [0.4, 0.5) is 0 Å². The molecular weight excluding hydrogens is 470 g/mol. The standard InChI is InChI=1S/C26H26ClN3O5/c1-5-30-21(15-34-19-11-9-16(2)10-12-19)20(14-35-25(32)17-7-6-8-18(27)13-17)22-23(30)24(31)29(4)26(33)28(22)3/h6-13H,5,14-15H2,1-4H3. The van der Waals surface area contributed by atoms with Gasteiger partial charge in [0, 0.05) is 31.2 Å². The second-order valence-corrected chi connectivity index (χ2v) is 8.70. The van der Waals surface area contributed by atoms with Crippen molar-refractivity contribution in [3.05, 3.63) is 96.8 Å². The van der Waals surface area contributed by atoms with Gasteiger partial charge < -0.3 is 14.0 Å². The molecule has 0 unspecified atom stereocenters. The fourth-order valence-electron chi connectivity index (χ4n) is 4.14. The fourth-order valence-corrected chi connectivity index (χ4v) is 4.33. The highest BCUT2D eigenvalue weighted by Gasteiger charge is 2.24. The van der Waals surface area contributed by atoms with Crippen LogP contribution in [0.3, 0.4) is 0 Å². The highest BCUT2D eigenvalue weighted by atomic mass is 35.5.